The Labute approximate surface area is 142 Å². The Bertz CT molecular complexity index is 692. The first-order valence-electron chi connectivity index (χ1n) is 7.66. The lowest BCUT2D eigenvalue weighted by molar-refractivity contribution is -0.137. The molecule has 3 nitrogen and oxygen atoms in total. The largest absolute Gasteiger partial charge is 0.418 e. The quantitative estimate of drug-likeness (QED) is 0.840. The van der Waals surface area contributed by atoms with Crippen molar-refractivity contribution in [3.8, 4) is 0 Å². The fourth-order valence-electron chi connectivity index (χ4n) is 2.86. The summed E-state index contributed by atoms with van der Waals surface area (Å²) < 4.78 is 39.4. The van der Waals surface area contributed by atoms with Crippen molar-refractivity contribution in [3.63, 3.8) is 0 Å². The monoisotopic (exact) mass is 354 g/mol. The molecule has 1 fully saturated rings. The second-order valence-electron chi connectivity index (χ2n) is 5.64. The minimum Gasteiger partial charge on any atom is -0.367 e. The number of hydrogen-bond donors (Lipinski definition) is 0. The normalized spacial score (nSPS) is 15.6. The summed E-state index contributed by atoms with van der Waals surface area (Å²) in [6.07, 6.45) is -4.01. The van der Waals surface area contributed by atoms with Crippen molar-refractivity contribution in [2.24, 2.45) is 0 Å². The van der Waals surface area contributed by atoms with Gasteiger partial charge in [0.2, 0.25) is 5.91 Å². The Morgan fingerprint density at radius 2 is 1.75 bits per heavy atom. The van der Waals surface area contributed by atoms with E-state index in [9.17, 15) is 18.0 Å². The number of thiophene rings is 1. The smallest absolute Gasteiger partial charge is 0.367 e. The van der Waals surface area contributed by atoms with Gasteiger partial charge in [-0.15, -0.1) is 11.3 Å². The second kappa shape index (κ2) is 6.84. The summed E-state index contributed by atoms with van der Waals surface area (Å²) in [6, 6.07) is 9.42. The zero-order chi connectivity index (χ0) is 17.2. The molecule has 24 heavy (non-hydrogen) atoms. The number of halogens is 3. The lowest BCUT2D eigenvalue weighted by atomic mass is 10.1. The first-order chi connectivity index (χ1) is 11.4. The van der Waals surface area contributed by atoms with Crippen LogP contribution in [0.1, 0.15) is 10.4 Å². The summed E-state index contributed by atoms with van der Waals surface area (Å²) in [4.78, 5) is 16.7. The van der Waals surface area contributed by atoms with Gasteiger partial charge in [0.1, 0.15) is 0 Å². The van der Waals surface area contributed by atoms with Crippen LogP contribution < -0.4 is 4.90 Å². The molecule has 1 aromatic heterocycles. The van der Waals surface area contributed by atoms with E-state index >= 15 is 0 Å². The maximum Gasteiger partial charge on any atom is 0.418 e. The molecular formula is C17H17F3N2OS. The molecule has 1 aliphatic rings. The van der Waals surface area contributed by atoms with E-state index in [-0.39, 0.29) is 11.6 Å². The van der Waals surface area contributed by atoms with Crippen molar-refractivity contribution in [3.05, 3.63) is 52.2 Å². The van der Waals surface area contributed by atoms with E-state index in [1.165, 1.54) is 23.5 Å². The van der Waals surface area contributed by atoms with E-state index in [0.29, 0.717) is 32.6 Å². The van der Waals surface area contributed by atoms with Crippen molar-refractivity contribution in [1.82, 2.24) is 4.90 Å². The topological polar surface area (TPSA) is 23.6 Å². The van der Waals surface area contributed by atoms with Crippen molar-refractivity contribution >= 4 is 22.9 Å². The van der Waals surface area contributed by atoms with Crippen LogP contribution in [0.3, 0.4) is 0 Å². The van der Waals surface area contributed by atoms with Crippen molar-refractivity contribution in [2.75, 3.05) is 31.1 Å². The fraction of sp³-hybridized carbons (Fsp3) is 0.353. The van der Waals surface area contributed by atoms with E-state index in [4.69, 9.17) is 0 Å². The Kier molecular flexibility index (Phi) is 4.80. The molecule has 0 unspecified atom stereocenters. The second-order valence-corrected chi connectivity index (χ2v) is 6.67. The van der Waals surface area contributed by atoms with Crippen molar-refractivity contribution in [2.45, 2.75) is 12.6 Å². The molecule has 1 saturated heterocycles. The first kappa shape index (κ1) is 16.8. The number of alkyl halides is 3. The first-order valence-corrected chi connectivity index (χ1v) is 8.54. The van der Waals surface area contributed by atoms with Crippen molar-refractivity contribution < 1.29 is 18.0 Å². The highest BCUT2D eigenvalue weighted by molar-refractivity contribution is 7.10. The van der Waals surface area contributed by atoms with Crippen LogP contribution in [0.4, 0.5) is 18.9 Å². The Balaban J connectivity index is 1.64. The zero-order valence-electron chi connectivity index (χ0n) is 12.9. The highest BCUT2D eigenvalue weighted by atomic mass is 32.1. The number of amides is 1. The van der Waals surface area contributed by atoms with Gasteiger partial charge in [-0.05, 0) is 23.6 Å². The SMILES string of the molecule is O=C(Cc1cccs1)N1CCN(c2ccccc2C(F)(F)F)CC1. The van der Waals surface area contributed by atoms with Crippen molar-refractivity contribution in [1.29, 1.82) is 0 Å². The third kappa shape index (κ3) is 3.72. The number of benzene rings is 1. The summed E-state index contributed by atoms with van der Waals surface area (Å²) in [6.45, 7) is 1.69. The van der Waals surface area contributed by atoms with Gasteiger partial charge in [0.25, 0.3) is 0 Å². The summed E-state index contributed by atoms with van der Waals surface area (Å²) in [5, 5.41) is 1.93. The van der Waals surface area contributed by atoms with Crippen LogP contribution >= 0.6 is 11.3 Å². The Hall–Kier alpha value is -2.02. The molecule has 1 aromatic carbocycles. The molecule has 0 atom stereocenters. The van der Waals surface area contributed by atoms with Gasteiger partial charge in [0.15, 0.2) is 0 Å². The molecule has 0 bridgehead atoms. The highest BCUT2D eigenvalue weighted by Crippen LogP contribution is 2.36. The maximum atomic E-state index is 13.1. The van der Waals surface area contributed by atoms with E-state index in [2.05, 4.69) is 0 Å². The van der Waals surface area contributed by atoms with Gasteiger partial charge in [-0.25, -0.2) is 0 Å². The van der Waals surface area contributed by atoms with Gasteiger partial charge in [-0.3, -0.25) is 4.79 Å². The molecular weight excluding hydrogens is 337 g/mol. The predicted molar refractivity (Wildman–Crippen MR) is 88.3 cm³/mol. The van der Waals surface area contributed by atoms with Crippen LogP contribution in [0, 0.1) is 0 Å². The van der Waals surface area contributed by atoms with Crippen LogP contribution in [0.2, 0.25) is 0 Å². The minimum absolute atomic E-state index is 0.0289. The van der Waals surface area contributed by atoms with E-state index < -0.39 is 11.7 Å². The van der Waals surface area contributed by atoms with Crippen LogP contribution in [0.25, 0.3) is 0 Å². The molecule has 7 heteroatoms. The maximum absolute atomic E-state index is 13.1. The molecule has 1 amide bonds. The van der Waals surface area contributed by atoms with Crippen LogP contribution in [0.15, 0.2) is 41.8 Å². The molecule has 0 radical (unpaired) electrons. The fourth-order valence-corrected chi connectivity index (χ4v) is 3.56. The molecule has 128 valence electrons. The summed E-state index contributed by atoms with van der Waals surface area (Å²) in [5.74, 6) is 0.0289. The predicted octanol–water partition coefficient (Wildman–Crippen LogP) is 3.66. The molecule has 0 N–H and O–H groups in total. The number of rotatable bonds is 3. The van der Waals surface area contributed by atoms with Crippen LogP contribution in [-0.2, 0) is 17.4 Å². The molecule has 0 aliphatic carbocycles. The molecule has 2 aromatic rings. The number of nitrogens with zero attached hydrogens (tertiary/aromatic N) is 2. The number of para-hydroxylation sites is 1. The van der Waals surface area contributed by atoms with Gasteiger partial charge in [-0.1, -0.05) is 18.2 Å². The molecule has 1 aliphatic heterocycles. The summed E-state index contributed by atoms with van der Waals surface area (Å²) in [7, 11) is 0. The lowest BCUT2D eigenvalue weighted by Gasteiger charge is -2.37. The number of anilines is 1. The number of carbonyl (C=O) groups is 1. The molecule has 3 rings (SSSR count). The Morgan fingerprint density at radius 1 is 1.04 bits per heavy atom. The van der Waals surface area contributed by atoms with E-state index in [0.717, 1.165) is 10.9 Å². The number of piperazine rings is 1. The average Bonchev–Trinajstić information content (AvgIpc) is 3.07. The molecule has 2 heterocycles. The highest BCUT2D eigenvalue weighted by Gasteiger charge is 2.35. The lowest BCUT2D eigenvalue weighted by Crippen LogP contribution is -2.49. The Morgan fingerprint density at radius 3 is 2.38 bits per heavy atom. The molecule has 0 spiro atoms. The van der Waals surface area contributed by atoms with Gasteiger partial charge >= 0.3 is 6.18 Å². The standard InChI is InChI=1S/C17H17F3N2OS/c18-17(19,20)14-5-1-2-6-15(14)21-7-9-22(10-8-21)16(23)12-13-4-3-11-24-13/h1-6,11H,7-10,12H2. The van der Waals surface area contributed by atoms with Crippen LogP contribution in [-0.4, -0.2) is 37.0 Å². The zero-order valence-corrected chi connectivity index (χ0v) is 13.7. The summed E-state index contributed by atoms with van der Waals surface area (Å²) in [5.41, 5.74) is -0.432. The van der Waals surface area contributed by atoms with E-state index in [1.807, 2.05) is 17.5 Å². The van der Waals surface area contributed by atoms with Gasteiger partial charge in [0, 0.05) is 36.7 Å². The number of carbonyl (C=O) groups excluding carboxylic acids is 1. The van der Waals surface area contributed by atoms with E-state index in [1.54, 1.807) is 15.9 Å². The molecule has 0 saturated carbocycles. The van der Waals surface area contributed by atoms with Gasteiger partial charge in [0.05, 0.1) is 12.0 Å². The summed E-state index contributed by atoms with van der Waals surface area (Å²) >= 11 is 1.53. The minimum atomic E-state index is -4.37. The third-order valence-corrected chi connectivity index (χ3v) is 4.96. The van der Waals surface area contributed by atoms with Gasteiger partial charge < -0.3 is 9.80 Å². The third-order valence-electron chi connectivity index (χ3n) is 4.09. The van der Waals surface area contributed by atoms with Gasteiger partial charge in [-0.2, -0.15) is 13.2 Å². The van der Waals surface area contributed by atoms with Crippen LogP contribution in [0.5, 0.6) is 0 Å². The average molecular weight is 354 g/mol. The number of hydrogen-bond acceptors (Lipinski definition) is 3.